The molecule has 4 N–H and O–H groups in total. The van der Waals surface area contributed by atoms with Gasteiger partial charge in [-0.1, -0.05) is 48.7 Å². The van der Waals surface area contributed by atoms with Gasteiger partial charge in [-0.05, 0) is 23.3 Å². The van der Waals surface area contributed by atoms with Crippen LogP contribution in [0.15, 0.2) is 35.4 Å². The zero-order valence-electron chi connectivity index (χ0n) is 10.3. The first kappa shape index (κ1) is 15.5. The van der Waals surface area contributed by atoms with E-state index in [1.165, 1.54) is 0 Å². The lowest BCUT2D eigenvalue weighted by atomic mass is 10.0. The molecule has 1 rings (SSSR count). The van der Waals surface area contributed by atoms with Crippen LogP contribution in [0.25, 0.3) is 12.2 Å². The number of nitrogens with zero attached hydrogens (tertiary/aromatic N) is 2. The average molecular weight is 298 g/mol. The van der Waals surface area contributed by atoms with Gasteiger partial charge in [0.05, 0.1) is 11.1 Å². The summed E-state index contributed by atoms with van der Waals surface area (Å²) in [4.78, 5) is 0.0299. The molecule has 0 unspecified atom stereocenters. The summed E-state index contributed by atoms with van der Waals surface area (Å²) in [6.07, 6.45) is 3.12. The number of nitriles is 2. The molecule has 1 aromatic rings. The maximum atomic E-state index is 8.97. The van der Waals surface area contributed by atoms with E-state index < -0.39 is 0 Å². The quantitative estimate of drug-likeness (QED) is 0.501. The maximum absolute atomic E-state index is 8.97. The summed E-state index contributed by atoms with van der Waals surface area (Å²) in [6.45, 7) is 0. The van der Waals surface area contributed by atoms with Crippen LogP contribution in [0.2, 0.25) is 0 Å². The van der Waals surface area contributed by atoms with Crippen molar-refractivity contribution in [3.05, 3.63) is 46.5 Å². The molecule has 0 radical (unpaired) electrons. The number of benzene rings is 1. The van der Waals surface area contributed by atoms with Crippen LogP contribution < -0.4 is 11.5 Å². The van der Waals surface area contributed by atoms with Crippen molar-refractivity contribution in [2.75, 3.05) is 0 Å². The zero-order chi connectivity index (χ0) is 15.1. The van der Waals surface area contributed by atoms with E-state index >= 15 is 0 Å². The van der Waals surface area contributed by atoms with Crippen molar-refractivity contribution in [1.29, 1.82) is 10.5 Å². The third kappa shape index (κ3) is 3.99. The van der Waals surface area contributed by atoms with Crippen molar-refractivity contribution in [3.8, 4) is 12.1 Å². The monoisotopic (exact) mass is 298 g/mol. The van der Waals surface area contributed by atoms with E-state index in [1.807, 2.05) is 12.1 Å². The summed E-state index contributed by atoms with van der Waals surface area (Å²) in [5.74, 6) is 0. The van der Waals surface area contributed by atoms with Gasteiger partial charge in [0.2, 0.25) is 0 Å². The lowest BCUT2D eigenvalue weighted by molar-refractivity contribution is 1.50. The van der Waals surface area contributed by atoms with Gasteiger partial charge >= 0.3 is 0 Å². The summed E-state index contributed by atoms with van der Waals surface area (Å²) < 4.78 is 0. The van der Waals surface area contributed by atoms with Crippen LogP contribution in [0.1, 0.15) is 11.1 Å². The van der Waals surface area contributed by atoms with Gasteiger partial charge in [0.1, 0.15) is 22.1 Å². The molecular weight excluding hydrogens is 288 g/mol. The van der Waals surface area contributed by atoms with Crippen LogP contribution in [0.5, 0.6) is 0 Å². The molecule has 0 amide bonds. The van der Waals surface area contributed by atoms with E-state index in [4.69, 9.17) is 46.4 Å². The fourth-order valence-electron chi connectivity index (χ4n) is 1.40. The first-order chi connectivity index (χ1) is 9.49. The van der Waals surface area contributed by atoms with Crippen molar-refractivity contribution in [2.45, 2.75) is 0 Å². The molecular formula is C14H10N4S2. The highest BCUT2D eigenvalue weighted by molar-refractivity contribution is 7.81. The van der Waals surface area contributed by atoms with E-state index in [0.717, 1.165) is 0 Å². The van der Waals surface area contributed by atoms with Gasteiger partial charge in [-0.15, -0.1) is 0 Å². The molecule has 0 aliphatic rings. The molecule has 0 saturated carbocycles. The second-order valence-electron chi connectivity index (χ2n) is 3.70. The van der Waals surface area contributed by atoms with E-state index in [0.29, 0.717) is 11.1 Å². The molecule has 0 aliphatic heterocycles. The highest BCUT2D eigenvalue weighted by Gasteiger charge is 2.05. The van der Waals surface area contributed by atoms with Gasteiger partial charge in [-0.25, -0.2) is 0 Å². The summed E-state index contributed by atoms with van der Waals surface area (Å²) in [5.41, 5.74) is 12.7. The van der Waals surface area contributed by atoms with Crippen molar-refractivity contribution in [2.24, 2.45) is 11.5 Å². The number of hydrogen-bond acceptors (Lipinski definition) is 4. The van der Waals surface area contributed by atoms with Gasteiger partial charge in [-0.2, -0.15) is 10.5 Å². The predicted octanol–water partition coefficient (Wildman–Crippen LogP) is 2.07. The van der Waals surface area contributed by atoms with E-state index in [-0.39, 0.29) is 21.1 Å². The highest BCUT2D eigenvalue weighted by Crippen LogP contribution is 2.17. The first-order valence-electron chi connectivity index (χ1n) is 5.41. The molecule has 20 heavy (non-hydrogen) atoms. The van der Waals surface area contributed by atoms with Gasteiger partial charge in [0.15, 0.2) is 0 Å². The molecule has 0 atom stereocenters. The Balaban J connectivity index is 3.40. The molecule has 4 nitrogen and oxygen atoms in total. The molecule has 6 heteroatoms. The molecule has 0 aromatic heterocycles. The molecule has 1 aromatic carbocycles. The van der Waals surface area contributed by atoms with Gasteiger partial charge < -0.3 is 11.5 Å². The Labute approximate surface area is 127 Å². The lowest BCUT2D eigenvalue weighted by Gasteiger charge is -2.03. The second kappa shape index (κ2) is 7.15. The Morgan fingerprint density at radius 1 is 0.900 bits per heavy atom. The number of rotatable bonds is 4. The topological polar surface area (TPSA) is 99.6 Å². The summed E-state index contributed by atoms with van der Waals surface area (Å²) in [5, 5.41) is 17.9. The van der Waals surface area contributed by atoms with Crippen LogP contribution in [0.3, 0.4) is 0 Å². The smallest absolute Gasteiger partial charge is 0.114 e. The Bertz CT molecular complexity index is 642. The minimum atomic E-state index is 0.0149. The Kier molecular flexibility index (Phi) is 5.55. The third-order valence-corrected chi connectivity index (χ3v) is 2.81. The molecule has 0 heterocycles. The molecule has 98 valence electrons. The maximum Gasteiger partial charge on any atom is 0.114 e. The molecule has 0 saturated heterocycles. The molecule has 0 fully saturated rings. The predicted molar refractivity (Wildman–Crippen MR) is 87.2 cm³/mol. The SMILES string of the molecule is N#CC(=Cc1ccccc1C=C(C#N)C(N)=S)C(N)=S. The number of hydrogen-bond donors (Lipinski definition) is 2. The molecule has 0 bridgehead atoms. The lowest BCUT2D eigenvalue weighted by Crippen LogP contribution is -2.10. The van der Waals surface area contributed by atoms with Gasteiger partial charge in [-0.3, -0.25) is 0 Å². The van der Waals surface area contributed by atoms with Gasteiger partial charge in [0.25, 0.3) is 0 Å². The fraction of sp³-hybridized carbons (Fsp3) is 0. The number of thiocarbonyl (C=S) groups is 2. The minimum Gasteiger partial charge on any atom is -0.389 e. The largest absolute Gasteiger partial charge is 0.389 e. The van der Waals surface area contributed by atoms with Crippen molar-refractivity contribution >= 4 is 46.6 Å². The standard InChI is InChI=1S/C14H10N4S2/c15-7-11(13(17)19)5-9-3-1-2-4-10(9)6-12(8-16)14(18)20/h1-6H,(H2,17,19)(H2,18,20). The van der Waals surface area contributed by atoms with E-state index in [9.17, 15) is 0 Å². The molecule has 0 aliphatic carbocycles. The van der Waals surface area contributed by atoms with E-state index in [1.54, 1.807) is 36.4 Å². The first-order valence-corrected chi connectivity index (χ1v) is 6.23. The van der Waals surface area contributed by atoms with E-state index in [2.05, 4.69) is 0 Å². The normalized spacial score (nSPS) is 11.3. The second-order valence-corrected chi connectivity index (χ2v) is 4.58. The number of nitrogens with two attached hydrogens (primary N) is 2. The summed E-state index contributed by atoms with van der Waals surface area (Å²) >= 11 is 9.58. The summed E-state index contributed by atoms with van der Waals surface area (Å²) in [6, 6.07) is 11.0. The Hall–Kier alpha value is -2.54. The van der Waals surface area contributed by atoms with Crippen LogP contribution in [0.4, 0.5) is 0 Å². The Morgan fingerprint density at radius 2 is 1.25 bits per heavy atom. The van der Waals surface area contributed by atoms with Crippen molar-refractivity contribution in [1.82, 2.24) is 0 Å². The Morgan fingerprint density at radius 3 is 1.50 bits per heavy atom. The minimum absolute atomic E-state index is 0.0149. The van der Waals surface area contributed by atoms with Crippen LogP contribution in [-0.4, -0.2) is 9.98 Å². The van der Waals surface area contributed by atoms with Crippen LogP contribution >= 0.6 is 24.4 Å². The van der Waals surface area contributed by atoms with Crippen LogP contribution in [-0.2, 0) is 0 Å². The van der Waals surface area contributed by atoms with Crippen LogP contribution in [0, 0.1) is 22.7 Å². The third-order valence-electron chi connectivity index (χ3n) is 2.37. The zero-order valence-corrected chi connectivity index (χ0v) is 12.0. The fourth-order valence-corrected chi connectivity index (χ4v) is 1.61. The summed E-state index contributed by atoms with van der Waals surface area (Å²) in [7, 11) is 0. The average Bonchev–Trinajstić information content (AvgIpc) is 2.42. The van der Waals surface area contributed by atoms with Crippen molar-refractivity contribution in [3.63, 3.8) is 0 Å². The highest BCUT2D eigenvalue weighted by atomic mass is 32.1. The van der Waals surface area contributed by atoms with Gasteiger partial charge in [0, 0.05) is 0 Å². The van der Waals surface area contributed by atoms with Crippen molar-refractivity contribution < 1.29 is 0 Å². The molecule has 0 spiro atoms.